The van der Waals surface area contributed by atoms with Crippen molar-refractivity contribution in [2.45, 2.75) is 13.0 Å². The van der Waals surface area contributed by atoms with Gasteiger partial charge >= 0.3 is 0 Å². The maximum absolute atomic E-state index is 13.5. The second-order valence-electron chi connectivity index (χ2n) is 8.05. The Bertz CT molecular complexity index is 1120. The third kappa shape index (κ3) is 3.54. The van der Waals surface area contributed by atoms with E-state index in [0.29, 0.717) is 11.5 Å². The number of rotatable bonds is 3. The van der Waals surface area contributed by atoms with Crippen molar-refractivity contribution in [1.82, 2.24) is 9.80 Å². The third-order valence-corrected chi connectivity index (χ3v) is 6.99. The molecule has 0 radical (unpaired) electrons. The maximum atomic E-state index is 13.5. The maximum Gasteiger partial charge on any atom is 0.284 e. The zero-order chi connectivity index (χ0) is 21.5. The van der Waals surface area contributed by atoms with Crippen LogP contribution in [0.5, 0.6) is 0 Å². The highest BCUT2D eigenvalue weighted by Crippen LogP contribution is 2.39. The van der Waals surface area contributed by atoms with E-state index in [1.54, 1.807) is 16.2 Å². The quantitative estimate of drug-likeness (QED) is 0.700. The lowest BCUT2D eigenvalue weighted by Crippen LogP contribution is -2.42. The van der Waals surface area contributed by atoms with Crippen molar-refractivity contribution in [2.75, 3.05) is 38.1 Å². The molecule has 1 amide bonds. The molecule has 0 saturated carbocycles. The summed E-state index contributed by atoms with van der Waals surface area (Å²) >= 11 is 1.61. The summed E-state index contributed by atoms with van der Waals surface area (Å²) in [5.41, 5.74) is 3.27. The number of carbonyl (C=O) groups excluding carboxylic acids is 1. The predicted octanol–water partition coefficient (Wildman–Crippen LogP) is 3.46. The van der Waals surface area contributed by atoms with Crippen molar-refractivity contribution in [2.24, 2.45) is 9.98 Å². The largest absolute Gasteiger partial charge is 0.373 e. The second kappa shape index (κ2) is 7.90. The van der Waals surface area contributed by atoms with Gasteiger partial charge in [-0.25, -0.2) is 4.99 Å². The predicted molar refractivity (Wildman–Crippen MR) is 128 cm³/mol. The fraction of sp³-hybridized carbons (Fsp3) is 0.292. The van der Waals surface area contributed by atoms with Gasteiger partial charge in [-0.3, -0.25) is 14.7 Å². The Balaban J connectivity index is 1.60. The Morgan fingerprint density at radius 1 is 1.16 bits per heavy atom. The van der Waals surface area contributed by atoms with Gasteiger partial charge in [0.15, 0.2) is 0 Å². The van der Waals surface area contributed by atoms with Crippen LogP contribution in [0, 0.1) is 0 Å². The molecule has 4 heterocycles. The average Bonchev–Trinajstić information content (AvgIpc) is 3.32. The Morgan fingerprint density at radius 2 is 1.90 bits per heavy atom. The lowest BCUT2D eigenvalue weighted by atomic mass is 10.1. The van der Waals surface area contributed by atoms with Gasteiger partial charge in [0.2, 0.25) is 0 Å². The van der Waals surface area contributed by atoms with E-state index in [2.05, 4.69) is 35.6 Å². The van der Waals surface area contributed by atoms with Crippen molar-refractivity contribution < 1.29 is 4.79 Å². The number of likely N-dealkylation sites (N-methyl/N-ethyl adjacent to an activating group) is 1. The molecule has 0 spiro atoms. The van der Waals surface area contributed by atoms with Crippen LogP contribution in [-0.4, -0.2) is 66.5 Å². The van der Waals surface area contributed by atoms with E-state index < -0.39 is 0 Å². The minimum absolute atomic E-state index is 0.0834. The molecule has 1 saturated heterocycles. The molecule has 1 unspecified atom stereocenters. The van der Waals surface area contributed by atoms with E-state index in [9.17, 15) is 4.79 Å². The molecule has 0 aliphatic carbocycles. The fourth-order valence-electron chi connectivity index (χ4n) is 4.11. The van der Waals surface area contributed by atoms with Crippen LogP contribution in [0.4, 0.5) is 5.69 Å². The molecule has 1 aromatic carbocycles. The lowest BCUT2D eigenvalue weighted by Gasteiger charge is -2.31. The lowest BCUT2D eigenvalue weighted by molar-refractivity contribution is -0.114. The number of amidine groups is 1. The van der Waals surface area contributed by atoms with Gasteiger partial charge in [-0.15, -0.1) is 11.3 Å². The van der Waals surface area contributed by atoms with Crippen LogP contribution in [-0.2, 0) is 4.79 Å². The first-order valence-electron chi connectivity index (χ1n) is 10.5. The number of carbonyl (C=O) groups is 1. The monoisotopic (exact) mass is 431 g/mol. The summed E-state index contributed by atoms with van der Waals surface area (Å²) in [6.45, 7) is 9.69. The molecule has 0 N–H and O–H groups in total. The van der Waals surface area contributed by atoms with E-state index in [-0.39, 0.29) is 11.9 Å². The van der Waals surface area contributed by atoms with Crippen LogP contribution < -0.4 is 4.90 Å². The molecule has 1 aromatic heterocycles. The van der Waals surface area contributed by atoms with Gasteiger partial charge in [-0.1, -0.05) is 43.0 Å². The molecule has 3 aliphatic rings. The number of thiophene rings is 1. The molecule has 31 heavy (non-hydrogen) atoms. The molecule has 6 nitrogen and oxygen atoms in total. The number of piperazine rings is 1. The standard InChI is InChI=1S/C24H25N5OS/c1-4-18-14-20-22(31-18)21(17-8-6-5-7-9-17)25-16(2)23-26-19(24(30)29(20)23)15-28-12-10-27(3)11-13-28/h4-9,14-16H,1,10-13H2,2-3H3. The van der Waals surface area contributed by atoms with Crippen molar-refractivity contribution in [1.29, 1.82) is 0 Å². The summed E-state index contributed by atoms with van der Waals surface area (Å²) in [7, 11) is 2.12. The van der Waals surface area contributed by atoms with Gasteiger partial charge in [-0.2, -0.15) is 0 Å². The van der Waals surface area contributed by atoms with Crippen molar-refractivity contribution >= 4 is 40.6 Å². The molecule has 1 atom stereocenters. The summed E-state index contributed by atoms with van der Waals surface area (Å²) in [6, 6.07) is 11.9. The number of aliphatic imine (C=N–C) groups is 2. The SMILES string of the molecule is C=Cc1cc2c(s1)C(c1ccccc1)=NC(C)C1=NC(=CN3CCN(C)CC3)C(=O)N12. The van der Waals surface area contributed by atoms with Crippen LogP contribution in [0.2, 0.25) is 0 Å². The first-order chi connectivity index (χ1) is 15.0. The molecule has 7 heteroatoms. The summed E-state index contributed by atoms with van der Waals surface area (Å²) < 4.78 is 0. The number of nitrogens with zero attached hydrogens (tertiary/aromatic N) is 5. The van der Waals surface area contributed by atoms with Gasteiger partial charge in [0, 0.05) is 42.8 Å². The number of benzene rings is 1. The Morgan fingerprint density at radius 3 is 2.61 bits per heavy atom. The summed E-state index contributed by atoms with van der Waals surface area (Å²) in [6.07, 6.45) is 3.75. The highest BCUT2D eigenvalue weighted by atomic mass is 32.1. The number of hydrogen-bond acceptors (Lipinski definition) is 6. The number of amides is 1. The van der Waals surface area contributed by atoms with E-state index in [0.717, 1.165) is 52.9 Å². The van der Waals surface area contributed by atoms with E-state index in [4.69, 9.17) is 9.98 Å². The number of hydrogen-bond donors (Lipinski definition) is 0. The van der Waals surface area contributed by atoms with Crippen molar-refractivity contribution in [3.05, 3.63) is 70.2 Å². The highest BCUT2D eigenvalue weighted by Gasteiger charge is 2.39. The van der Waals surface area contributed by atoms with Crippen LogP contribution in [0.3, 0.4) is 0 Å². The number of fused-ring (bicyclic) bond motifs is 3. The normalized spacial score (nSPS) is 22.7. The molecular weight excluding hydrogens is 406 g/mol. The third-order valence-electron chi connectivity index (χ3n) is 5.86. The number of anilines is 1. The van der Waals surface area contributed by atoms with E-state index >= 15 is 0 Å². The highest BCUT2D eigenvalue weighted by molar-refractivity contribution is 7.16. The zero-order valence-corrected chi connectivity index (χ0v) is 18.6. The summed E-state index contributed by atoms with van der Waals surface area (Å²) in [4.78, 5) is 31.5. The van der Waals surface area contributed by atoms with Gasteiger partial charge in [0.1, 0.15) is 17.6 Å². The molecule has 158 valence electrons. The first kappa shape index (κ1) is 19.9. The molecule has 1 fully saturated rings. The first-order valence-corrected chi connectivity index (χ1v) is 11.3. The van der Waals surface area contributed by atoms with Gasteiger partial charge in [0.25, 0.3) is 5.91 Å². The second-order valence-corrected chi connectivity index (χ2v) is 9.13. The van der Waals surface area contributed by atoms with Crippen LogP contribution in [0.1, 0.15) is 22.2 Å². The van der Waals surface area contributed by atoms with Crippen molar-refractivity contribution in [3.8, 4) is 0 Å². The Hall–Kier alpha value is -3.03. The molecule has 5 rings (SSSR count). The zero-order valence-electron chi connectivity index (χ0n) is 17.8. The van der Waals surface area contributed by atoms with Crippen LogP contribution in [0.25, 0.3) is 6.08 Å². The molecule has 0 bridgehead atoms. The molecule has 2 aromatic rings. The van der Waals surface area contributed by atoms with Crippen molar-refractivity contribution in [3.63, 3.8) is 0 Å². The smallest absolute Gasteiger partial charge is 0.284 e. The van der Waals surface area contributed by atoms with Gasteiger partial charge in [-0.05, 0) is 20.0 Å². The minimum Gasteiger partial charge on any atom is -0.373 e. The average molecular weight is 432 g/mol. The fourth-order valence-corrected chi connectivity index (χ4v) is 5.12. The van der Waals surface area contributed by atoms with Gasteiger partial charge < -0.3 is 9.80 Å². The Kier molecular flexibility index (Phi) is 5.08. The Labute approximate surface area is 186 Å². The van der Waals surface area contributed by atoms with Gasteiger partial charge in [0.05, 0.1) is 16.3 Å². The van der Waals surface area contributed by atoms with E-state index in [1.807, 2.05) is 43.5 Å². The topological polar surface area (TPSA) is 51.5 Å². The van der Waals surface area contributed by atoms with Crippen LogP contribution in [0.15, 0.2) is 64.9 Å². The minimum atomic E-state index is -0.232. The molecule has 3 aliphatic heterocycles. The summed E-state index contributed by atoms with van der Waals surface area (Å²) in [5, 5.41) is 0. The summed E-state index contributed by atoms with van der Waals surface area (Å²) in [5.74, 6) is 0.603. The van der Waals surface area contributed by atoms with E-state index in [1.165, 1.54) is 0 Å². The van der Waals surface area contributed by atoms with Crippen LogP contribution >= 0.6 is 11.3 Å². The molecular formula is C24H25N5OS.